The Labute approximate surface area is 176 Å². The zero-order valence-corrected chi connectivity index (χ0v) is 16.4. The molecule has 0 fully saturated rings. The zero-order valence-electron chi connectivity index (χ0n) is 15.7. The van der Waals surface area contributed by atoms with Crippen LogP contribution in [0.15, 0.2) is 65.9 Å². The Balaban J connectivity index is 1.64. The molecule has 4 rings (SSSR count). The molecule has 2 aromatic heterocycles. The summed E-state index contributed by atoms with van der Waals surface area (Å²) in [5.74, 6) is -0.731. The molecule has 150 valence electrons. The molecule has 0 aliphatic carbocycles. The first-order valence-corrected chi connectivity index (χ1v) is 9.47. The van der Waals surface area contributed by atoms with E-state index in [-0.39, 0.29) is 17.2 Å². The van der Waals surface area contributed by atoms with Crippen LogP contribution in [0.3, 0.4) is 0 Å². The van der Waals surface area contributed by atoms with Crippen LogP contribution in [0.2, 0.25) is 5.02 Å². The molecule has 8 heteroatoms. The Hall–Kier alpha value is -3.71. The van der Waals surface area contributed by atoms with E-state index in [0.717, 1.165) is 22.3 Å². The fraction of sp³-hybridized carbons (Fsp3) is 0.0455. The van der Waals surface area contributed by atoms with Gasteiger partial charge in [0.05, 0.1) is 5.69 Å². The number of hydrogen-bond donors (Lipinski definition) is 3. The largest absolute Gasteiger partial charge is 0.366 e. The number of carbonyl (C=O) groups is 1. The SMILES string of the molecule is NC(=O)c1c(N=Cc2c[nH]cc2-c2ccc(F)cc2)n[nH]c1Cc1cccc(Cl)c1. The second-order valence-electron chi connectivity index (χ2n) is 6.66. The highest BCUT2D eigenvalue weighted by Gasteiger charge is 2.18. The zero-order chi connectivity index (χ0) is 21.1. The van der Waals surface area contributed by atoms with Crippen molar-refractivity contribution in [3.63, 3.8) is 0 Å². The maximum Gasteiger partial charge on any atom is 0.254 e. The molecule has 1 amide bonds. The highest BCUT2D eigenvalue weighted by molar-refractivity contribution is 6.30. The lowest BCUT2D eigenvalue weighted by molar-refractivity contribution is 0.100. The van der Waals surface area contributed by atoms with E-state index in [1.165, 1.54) is 12.1 Å². The number of rotatable bonds is 6. The van der Waals surface area contributed by atoms with Gasteiger partial charge in [0.25, 0.3) is 5.91 Å². The summed E-state index contributed by atoms with van der Waals surface area (Å²) in [6.07, 6.45) is 5.54. The van der Waals surface area contributed by atoms with Crippen LogP contribution in [-0.2, 0) is 6.42 Å². The lowest BCUT2D eigenvalue weighted by atomic mass is 10.1. The highest BCUT2D eigenvalue weighted by Crippen LogP contribution is 2.25. The van der Waals surface area contributed by atoms with E-state index >= 15 is 0 Å². The van der Waals surface area contributed by atoms with Gasteiger partial charge in [0.15, 0.2) is 5.82 Å². The van der Waals surface area contributed by atoms with E-state index in [9.17, 15) is 9.18 Å². The Morgan fingerprint density at radius 3 is 2.73 bits per heavy atom. The van der Waals surface area contributed by atoms with Crippen molar-refractivity contribution >= 4 is 29.5 Å². The molecular formula is C22H17ClFN5O. The van der Waals surface area contributed by atoms with Gasteiger partial charge in [-0.05, 0) is 35.4 Å². The highest BCUT2D eigenvalue weighted by atomic mass is 35.5. The average molecular weight is 422 g/mol. The van der Waals surface area contributed by atoms with Gasteiger partial charge in [-0.15, -0.1) is 0 Å². The number of carbonyl (C=O) groups excluding carboxylic acids is 1. The van der Waals surface area contributed by atoms with Crippen LogP contribution in [0.5, 0.6) is 0 Å². The van der Waals surface area contributed by atoms with Gasteiger partial charge < -0.3 is 10.7 Å². The summed E-state index contributed by atoms with van der Waals surface area (Å²) >= 11 is 6.03. The van der Waals surface area contributed by atoms with Crippen LogP contribution >= 0.6 is 11.6 Å². The summed E-state index contributed by atoms with van der Waals surface area (Å²) in [7, 11) is 0. The Bertz CT molecular complexity index is 1230. The molecule has 0 saturated carbocycles. The third kappa shape index (κ3) is 4.16. The molecule has 4 N–H and O–H groups in total. The predicted molar refractivity (Wildman–Crippen MR) is 115 cm³/mol. The number of nitrogens with one attached hydrogen (secondary N) is 2. The molecule has 0 bridgehead atoms. The predicted octanol–water partition coefficient (Wildman–Crippen LogP) is 4.64. The number of aromatic nitrogens is 3. The van der Waals surface area contributed by atoms with E-state index in [4.69, 9.17) is 17.3 Å². The van der Waals surface area contributed by atoms with Crippen molar-refractivity contribution in [3.05, 3.63) is 94.1 Å². The molecule has 0 unspecified atom stereocenters. The summed E-state index contributed by atoms with van der Waals surface area (Å²) in [6.45, 7) is 0. The second kappa shape index (κ2) is 8.34. The van der Waals surface area contributed by atoms with Crippen molar-refractivity contribution in [3.8, 4) is 11.1 Å². The molecule has 2 heterocycles. The van der Waals surface area contributed by atoms with Gasteiger partial charge in [-0.1, -0.05) is 35.9 Å². The van der Waals surface area contributed by atoms with E-state index in [0.29, 0.717) is 17.1 Å². The number of aliphatic imine (C=N–C) groups is 1. The van der Waals surface area contributed by atoms with Crippen molar-refractivity contribution in [2.45, 2.75) is 6.42 Å². The first-order valence-electron chi connectivity index (χ1n) is 9.09. The van der Waals surface area contributed by atoms with Crippen LogP contribution in [-0.4, -0.2) is 27.3 Å². The van der Waals surface area contributed by atoms with E-state index in [1.807, 2.05) is 18.2 Å². The van der Waals surface area contributed by atoms with Crippen LogP contribution in [0.1, 0.15) is 27.2 Å². The summed E-state index contributed by atoms with van der Waals surface area (Å²) in [5.41, 5.74) is 9.72. The number of amides is 1. The number of halogens is 2. The van der Waals surface area contributed by atoms with Crippen molar-refractivity contribution in [2.24, 2.45) is 10.7 Å². The van der Waals surface area contributed by atoms with Gasteiger partial charge in [0, 0.05) is 41.2 Å². The monoisotopic (exact) mass is 421 g/mol. The Morgan fingerprint density at radius 1 is 1.20 bits per heavy atom. The Morgan fingerprint density at radius 2 is 2.00 bits per heavy atom. The maximum atomic E-state index is 13.2. The molecule has 0 spiro atoms. The molecule has 0 saturated heterocycles. The van der Waals surface area contributed by atoms with Crippen molar-refractivity contribution in [1.82, 2.24) is 15.2 Å². The summed E-state index contributed by atoms with van der Waals surface area (Å²) in [4.78, 5) is 19.4. The minimum Gasteiger partial charge on any atom is -0.366 e. The molecule has 0 atom stereocenters. The van der Waals surface area contributed by atoms with Gasteiger partial charge in [0.1, 0.15) is 11.4 Å². The number of H-pyrrole nitrogens is 2. The quantitative estimate of drug-likeness (QED) is 0.395. The summed E-state index contributed by atoms with van der Waals surface area (Å²) in [5, 5.41) is 7.61. The van der Waals surface area contributed by atoms with E-state index < -0.39 is 5.91 Å². The number of aromatic amines is 2. The maximum absolute atomic E-state index is 13.2. The van der Waals surface area contributed by atoms with Crippen LogP contribution in [0, 0.1) is 5.82 Å². The number of benzene rings is 2. The lowest BCUT2D eigenvalue weighted by Crippen LogP contribution is -2.13. The van der Waals surface area contributed by atoms with Crippen molar-refractivity contribution < 1.29 is 9.18 Å². The van der Waals surface area contributed by atoms with Gasteiger partial charge >= 0.3 is 0 Å². The summed E-state index contributed by atoms with van der Waals surface area (Å²) in [6, 6.07) is 13.5. The van der Waals surface area contributed by atoms with Gasteiger partial charge in [-0.25, -0.2) is 9.38 Å². The smallest absolute Gasteiger partial charge is 0.254 e. The van der Waals surface area contributed by atoms with Crippen LogP contribution in [0.4, 0.5) is 10.2 Å². The van der Waals surface area contributed by atoms with Crippen molar-refractivity contribution in [1.29, 1.82) is 0 Å². The van der Waals surface area contributed by atoms with E-state index in [2.05, 4.69) is 20.2 Å². The van der Waals surface area contributed by atoms with E-state index in [1.54, 1.807) is 36.8 Å². The van der Waals surface area contributed by atoms with Crippen molar-refractivity contribution in [2.75, 3.05) is 0 Å². The molecule has 0 aliphatic rings. The molecular weight excluding hydrogens is 405 g/mol. The molecule has 0 aliphatic heterocycles. The van der Waals surface area contributed by atoms with Crippen LogP contribution in [0.25, 0.3) is 11.1 Å². The first kappa shape index (κ1) is 19.6. The standard InChI is InChI=1S/C22H17ClFN5O/c23-16-3-1-2-13(8-16)9-19-20(21(25)30)22(29-28-19)27-11-15-10-26-12-18(15)14-4-6-17(24)7-5-14/h1-8,10-12,26H,9H2,(H2,25,30)(H,28,29). The van der Waals surface area contributed by atoms with Gasteiger partial charge in [-0.3, -0.25) is 9.89 Å². The van der Waals surface area contributed by atoms with Gasteiger partial charge in [0.2, 0.25) is 0 Å². The second-order valence-corrected chi connectivity index (χ2v) is 7.10. The minimum atomic E-state index is -0.624. The number of nitrogens with zero attached hydrogens (tertiary/aromatic N) is 2. The third-order valence-corrected chi connectivity index (χ3v) is 4.83. The normalized spacial score (nSPS) is 11.3. The molecule has 2 aromatic carbocycles. The number of nitrogens with two attached hydrogens (primary N) is 1. The average Bonchev–Trinajstić information content (AvgIpc) is 3.34. The minimum absolute atomic E-state index is 0.200. The van der Waals surface area contributed by atoms with Gasteiger partial charge in [-0.2, -0.15) is 5.10 Å². The molecule has 0 radical (unpaired) electrons. The number of primary amides is 1. The number of hydrogen-bond acceptors (Lipinski definition) is 3. The molecule has 6 nitrogen and oxygen atoms in total. The first-order chi connectivity index (χ1) is 14.5. The summed E-state index contributed by atoms with van der Waals surface area (Å²) < 4.78 is 13.2. The molecule has 30 heavy (non-hydrogen) atoms. The topological polar surface area (TPSA) is 99.9 Å². The molecule has 4 aromatic rings. The fourth-order valence-electron chi connectivity index (χ4n) is 3.19. The lowest BCUT2D eigenvalue weighted by Gasteiger charge is -2.02. The fourth-order valence-corrected chi connectivity index (χ4v) is 3.40. The Kier molecular flexibility index (Phi) is 5.45. The third-order valence-electron chi connectivity index (χ3n) is 4.60. The van der Waals surface area contributed by atoms with Crippen LogP contribution < -0.4 is 5.73 Å².